The molecule has 21 heavy (non-hydrogen) atoms. The smallest absolute Gasteiger partial charge is 0.387 e. The SMILES string of the molecule is C#Cc1cccc(NC(C)c2ccc(OC(F)F)cc2)c1. The number of benzene rings is 2. The summed E-state index contributed by atoms with van der Waals surface area (Å²) in [6, 6.07) is 14.1. The molecule has 0 amide bonds. The molecule has 2 nitrogen and oxygen atoms in total. The number of halogens is 2. The molecule has 1 unspecified atom stereocenters. The third kappa shape index (κ3) is 4.22. The molecule has 0 saturated carbocycles. The summed E-state index contributed by atoms with van der Waals surface area (Å²) in [7, 11) is 0. The first-order chi connectivity index (χ1) is 10.1. The van der Waals surface area contributed by atoms with Gasteiger partial charge in [-0.2, -0.15) is 8.78 Å². The van der Waals surface area contributed by atoms with Crippen LogP contribution in [0.2, 0.25) is 0 Å². The fraction of sp³-hybridized carbons (Fsp3) is 0.176. The van der Waals surface area contributed by atoms with E-state index in [0.29, 0.717) is 0 Å². The van der Waals surface area contributed by atoms with Crippen LogP contribution in [0.4, 0.5) is 14.5 Å². The van der Waals surface area contributed by atoms with Crippen molar-refractivity contribution < 1.29 is 13.5 Å². The number of nitrogens with one attached hydrogen (secondary N) is 1. The fourth-order valence-corrected chi connectivity index (χ4v) is 1.97. The highest BCUT2D eigenvalue weighted by atomic mass is 19.3. The van der Waals surface area contributed by atoms with Gasteiger partial charge in [-0.1, -0.05) is 24.1 Å². The third-order valence-corrected chi connectivity index (χ3v) is 3.02. The van der Waals surface area contributed by atoms with E-state index in [1.165, 1.54) is 12.1 Å². The summed E-state index contributed by atoms with van der Waals surface area (Å²) < 4.78 is 28.5. The third-order valence-electron chi connectivity index (χ3n) is 3.02. The summed E-state index contributed by atoms with van der Waals surface area (Å²) in [4.78, 5) is 0. The van der Waals surface area contributed by atoms with Crippen molar-refractivity contribution in [1.82, 2.24) is 0 Å². The number of terminal acetylenes is 1. The molecule has 0 saturated heterocycles. The summed E-state index contributed by atoms with van der Waals surface area (Å²) in [5, 5.41) is 3.31. The van der Waals surface area contributed by atoms with E-state index in [2.05, 4.69) is 16.0 Å². The molecule has 0 spiro atoms. The van der Waals surface area contributed by atoms with E-state index in [4.69, 9.17) is 6.42 Å². The standard InChI is InChI=1S/C17H15F2NO/c1-3-13-5-4-6-15(11-13)20-12(2)14-7-9-16(10-8-14)21-17(18)19/h1,4-12,17,20H,2H3. The maximum Gasteiger partial charge on any atom is 0.387 e. The first kappa shape index (κ1) is 14.9. The fourth-order valence-electron chi connectivity index (χ4n) is 1.97. The van der Waals surface area contributed by atoms with Crippen molar-refractivity contribution in [3.05, 3.63) is 59.7 Å². The predicted molar refractivity (Wildman–Crippen MR) is 79.5 cm³/mol. The van der Waals surface area contributed by atoms with Crippen LogP contribution in [0.1, 0.15) is 24.1 Å². The zero-order valence-corrected chi connectivity index (χ0v) is 11.5. The van der Waals surface area contributed by atoms with Crippen LogP contribution in [0.15, 0.2) is 48.5 Å². The van der Waals surface area contributed by atoms with Crippen molar-refractivity contribution in [3.8, 4) is 18.1 Å². The Balaban J connectivity index is 2.06. The second-order valence-corrected chi connectivity index (χ2v) is 4.54. The lowest BCUT2D eigenvalue weighted by Crippen LogP contribution is -2.07. The minimum Gasteiger partial charge on any atom is -0.435 e. The van der Waals surface area contributed by atoms with Gasteiger partial charge in [0.25, 0.3) is 0 Å². The average Bonchev–Trinajstić information content (AvgIpc) is 2.47. The first-order valence-electron chi connectivity index (χ1n) is 6.46. The summed E-state index contributed by atoms with van der Waals surface area (Å²) in [5.74, 6) is 2.73. The highest BCUT2D eigenvalue weighted by molar-refractivity contribution is 5.51. The van der Waals surface area contributed by atoms with Crippen LogP contribution < -0.4 is 10.1 Å². The number of alkyl halides is 2. The van der Waals surface area contributed by atoms with Gasteiger partial charge in [0, 0.05) is 17.3 Å². The normalized spacial score (nSPS) is 11.8. The molecule has 2 aromatic carbocycles. The van der Waals surface area contributed by atoms with Crippen molar-refractivity contribution in [2.24, 2.45) is 0 Å². The van der Waals surface area contributed by atoms with Gasteiger partial charge in [-0.25, -0.2) is 0 Å². The van der Waals surface area contributed by atoms with E-state index < -0.39 is 6.61 Å². The monoisotopic (exact) mass is 287 g/mol. The molecular weight excluding hydrogens is 272 g/mol. The number of hydrogen-bond acceptors (Lipinski definition) is 2. The van der Waals surface area contributed by atoms with Gasteiger partial charge < -0.3 is 10.1 Å². The van der Waals surface area contributed by atoms with E-state index in [1.54, 1.807) is 12.1 Å². The zero-order valence-electron chi connectivity index (χ0n) is 11.5. The van der Waals surface area contributed by atoms with Crippen LogP contribution in [0.3, 0.4) is 0 Å². The number of hydrogen-bond donors (Lipinski definition) is 1. The Morgan fingerprint density at radius 3 is 2.48 bits per heavy atom. The second kappa shape index (κ2) is 6.76. The van der Waals surface area contributed by atoms with Gasteiger partial charge in [0.2, 0.25) is 0 Å². The lowest BCUT2D eigenvalue weighted by Gasteiger charge is -2.16. The minimum atomic E-state index is -2.81. The predicted octanol–water partition coefficient (Wildman–Crippen LogP) is 4.44. The van der Waals surface area contributed by atoms with Gasteiger partial charge in [-0.15, -0.1) is 6.42 Å². The van der Waals surface area contributed by atoms with E-state index in [1.807, 2.05) is 31.2 Å². The molecule has 0 fully saturated rings. The van der Waals surface area contributed by atoms with Crippen molar-refractivity contribution >= 4 is 5.69 Å². The Bertz CT molecular complexity index is 632. The topological polar surface area (TPSA) is 21.3 Å². The maximum atomic E-state index is 12.1. The number of anilines is 1. The van der Waals surface area contributed by atoms with Crippen LogP contribution in [0, 0.1) is 12.3 Å². The molecule has 0 aliphatic carbocycles. The zero-order chi connectivity index (χ0) is 15.2. The maximum absolute atomic E-state index is 12.1. The van der Waals surface area contributed by atoms with Gasteiger partial charge in [-0.3, -0.25) is 0 Å². The van der Waals surface area contributed by atoms with Crippen molar-refractivity contribution in [2.75, 3.05) is 5.32 Å². The summed E-state index contributed by atoms with van der Waals surface area (Å²) in [6.07, 6.45) is 5.36. The quantitative estimate of drug-likeness (QED) is 0.821. The van der Waals surface area contributed by atoms with Crippen molar-refractivity contribution in [1.29, 1.82) is 0 Å². The summed E-state index contributed by atoms with van der Waals surface area (Å²) in [6.45, 7) is -0.830. The first-order valence-corrected chi connectivity index (χ1v) is 6.46. The van der Waals surface area contributed by atoms with Crippen molar-refractivity contribution in [2.45, 2.75) is 19.6 Å². The molecule has 1 atom stereocenters. The Kier molecular flexibility index (Phi) is 4.78. The van der Waals surface area contributed by atoms with Crippen LogP contribution in [-0.4, -0.2) is 6.61 Å². The van der Waals surface area contributed by atoms with Crippen LogP contribution in [0.25, 0.3) is 0 Å². The van der Waals surface area contributed by atoms with E-state index in [-0.39, 0.29) is 11.8 Å². The Morgan fingerprint density at radius 1 is 1.14 bits per heavy atom. The molecule has 0 heterocycles. The number of ether oxygens (including phenoxy) is 1. The molecule has 2 rings (SSSR count). The molecule has 2 aromatic rings. The molecule has 1 N–H and O–H groups in total. The molecule has 0 aromatic heterocycles. The van der Waals surface area contributed by atoms with E-state index in [0.717, 1.165) is 16.8 Å². The number of rotatable bonds is 5. The average molecular weight is 287 g/mol. The van der Waals surface area contributed by atoms with Crippen LogP contribution >= 0.6 is 0 Å². The minimum absolute atomic E-state index is 0.0126. The molecule has 0 radical (unpaired) electrons. The molecule has 108 valence electrons. The van der Waals surface area contributed by atoms with Gasteiger partial charge in [0.15, 0.2) is 0 Å². The lowest BCUT2D eigenvalue weighted by atomic mass is 10.1. The van der Waals surface area contributed by atoms with E-state index >= 15 is 0 Å². The molecular formula is C17H15F2NO. The molecule has 0 aliphatic rings. The molecule has 0 aliphatic heterocycles. The lowest BCUT2D eigenvalue weighted by molar-refractivity contribution is -0.0498. The molecule has 4 heteroatoms. The van der Waals surface area contributed by atoms with Crippen LogP contribution in [-0.2, 0) is 0 Å². The highest BCUT2D eigenvalue weighted by Crippen LogP contribution is 2.22. The summed E-state index contributed by atoms with van der Waals surface area (Å²) in [5.41, 5.74) is 2.67. The Labute approximate surface area is 122 Å². The Morgan fingerprint density at radius 2 is 1.86 bits per heavy atom. The largest absolute Gasteiger partial charge is 0.435 e. The van der Waals surface area contributed by atoms with E-state index in [9.17, 15) is 8.78 Å². The summed E-state index contributed by atoms with van der Waals surface area (Å²) >= 11 is 0. The van der Waals surface area contributed by atoms with Gasteiger partial charge in [-0.05, 0) is 42.8 Å². The molecule has 0 bridgehead atoms. The van der Waals surface area contributed by atoms with Crippen molar-refractivity contribution in [3.63, 3.8) is 0 Å². The van der Waals surface area contributed by atoms with Gasteiger partial charge in [0.05, 0.1) is 0 Å². The second-order valence-electron chi connectivity index (χ2n) is 4.54. The highest BCUT2D eigenvalue weighted by Gasteiger charge is 2.08. The van der Waals surface area contributed by atoms with Crippen LogP contribution in [0.5, 0.6) is 5.75 Å². The van der Waals surface area contributed by atoms with Gasteiger partial charge >= 0.3 is 6.61 Å². The van der Waals surface area contributed by atoms with Gasteiger partial charge in [0.1, 0.15) is 5.75 Å². The Hall–Kier alpha value is -2.54.